The summed E-state index contributed by atoms with van der Waals surface area (Å²) in [7, 11) is -3.70. The molecular weight excluding hydrogens is 424 g/mol. The van der Waals surface area contributed by atoms with Crippen molar-refractivity contribution >= 4 is 47.6 Å². The highest BCUT2D eigenvalue weighted by atomic mass is 79.9. The van der Waals surface area contributed by atoms with Crippen molar-refractivity contribution in [1.29, 1.82) is 0 Å². The number of aromatic nitrogens is 2. The second-order valence-corrected chi connectivity index (χ2v) is 7.83. The van der Waals surface area contributed by atoms with Crippen LogP contribution in [0.25, 0.3) is 0 Å². The van der Waals surface area contributed by atoms with Crippen molar-refractivity contribution < 1.29 is 8.42 Å². The Morgan fingerprint density at radius 1 is 1.33 bits per heavy atom. The normalized spacial score (nSPS) is 11.6. The quantitative estimate of drug-likeness (QED) is 0.751. The molecule has 0 bridgehead atoms. The smallest absolute Gasteiger partial charge is 0.265 e. The first-order valence-corrected chi connectivity index (χ1v) is 9.11. The number of rotatable bonds is 5. The lowest BCUT2D eigenvalue weighted by Gasteiger charge is -2.11. The maximum absolute atomic E-state index is 12.4. The molecular formula is C12H14Br2N4O2S. The van der Waals surface area contributed by atoms with Gasteiger partial charge in [0.1, 0.15) is 4.90 Å². The van der Waals surface area contributed by atoms with Crippen LogP contribution in [0.3, 0.4) is 0 Å². The van der Waals surface area contributed by atoms with Gasteiger partial charge in [-0.2, -0.15) is 5.10 Å². The third-order valence-electron chi connectivity index (χ3n) is 2.70. The van der Waals surface area contributed by atoms with E-state index in [1.165, 1.54) is 17.1 Å². The van der Waals surface area contributed by atoms with E-state index >= 15 is 0 Å². The molecule has 0 aliphatic rings. The predicted octanol–water partition coefficient (Wildman–Crippen LogP) is 2.48. The topological polar surface area (TPSA) is 90.0 Å². The van der Waals surface area contributed by atoms with E-state index in [2.05, 4.69) is 41.7 Å². The largest absolute Gasteiger partial charge is 0.329 e. The molecule has 0 amide bonds. The summed E-state index contributed by atoms with van der Waals surface area (Å²) in [6.07, 6.45) is 2.75. The van der Waals surface area contributed by atoms with Crippen molar-refractivity contribution in [3.05, 3.63) is 39.0 Å². The van der Waals surface area contributed by atoms with E-state index in [0.717, 1.165) is 5.56 Å². The molecule has 3 N–H and O–H groups in total. The molecule has 9 heteroatoms. The molecule has 21 heavy (non-hydrogen) atoms. The number of nitrogens with one attached hydrogen (secondary N) is 1. The van der Waals surface area contributed by atoms with Gasteiger partial charge in [-0.15, -0.1) is 0 Å². The van der Waals surface area contributed by atoms with Crippen LogP contribution < -0.4 is 10.5 Å². The molecule has 1 heterocycles. The van der Waals surface area contributed by atoms with Crippen molar-refractivity contribution in [3.63, 3.8) is 0 Å². The first kappa shape index (κ1) is 16.5. The van der Waals surface area contributed by atoms with Crippen LogP contribution in [0.15, 0.2) is 38.4 Å². The number of anilines is 1. The SMILES string of the molecule is Cc1cc(Br)c(NS(=O)(=O)c2cnn(CCN)c2)c(Br)c1. The molecule has 1 aromatic heterocycles. The van der Waals surface area contributed by atoms with Gasteiger partial charge in [0, 0.05) is 21.7 Å². The fourth-order valence-corrected chi connectivity index (χ4v) is 4.66. The Morgan fingerprint density at radius 2 is 1.95 bits per heavy atom. The van der Waals surface area contributed by atoms with Gasteiger partial charge in [0.05, 0.1) is 18.4 Å². The summed E-state index contributed by atoms with van der Waals surface area (Å²) in [5, 5.41) is 3.97. The van der Waals surface area contributed by atoms with Crippen LogP contribution in [-0.2, 0) is 16.6 Å². The Balaban J connectivity index is 2.33. The average Bonchev–Trinajstić information content (AvgIpc) is 2.84. The fraction of sp³-hybridized carbons (Fsp3) is 0.250. The Hall–Kier alpha value is -0.900. The summed E-state index contributed by atoms with van der Waals surface area (Å²) in [5.74, 6) is 0. The first-order valence-electron chi connectivity index (χ1n) is 6.04. The molecule has 1 aromatic carbocycles. The second kappa shape index (κ2) is 6.47. The van der Waals surface area contributed by atoms with Gasteiger partial charge in [-0.05, 0) is 56.5 Å². The molecule has 0 atom stereocenters. The summed E-state index contributed by atoms with van der Waals surface area (Å²) < 4.78 is 30.1. The number of halogens is 2. The van der Waals surface area contributed by atoms with Crippen molar-refractivity contribution in [2.45, 2.75) is 18.4 Å². The Bertz CT molecular complexity index is 735. The van der Waals surface area contributed by atoms with Gasteiger partial charge in [-0.25, -0.2) is 8.42 Å². The van der Waals surface area contributed by atoms with Crippen molar-refractivity contribution in [2.75, 3.05) is 11.3 Å². The van der Waals surface area contributed by atoms with Crippen LogP contribution in [0.1, 0.15) is 5.56 Å². The lowest BCUT2D eigenvalue weighted by atomic mass is 10.2. The highest BCUT2D eigenvalue weighted by Crippen LogP contribution is 2.33. The van der Waals surface area contributed by atoms with Crippen LogP contribution in [0, 0.1) is 6.92 Å². The monoisotopic (exact) mass is 436 g/mol. The van der Waals surface area contributed by atoms with Crippen molar-refractivity contribution in [1.82, 2.24) is 9.78 Å². The van der Waals surface area contributed by atoms with Gasteiger partial charge in [-0.3, -0.25) is 9.40 Å². The summed E-state index contributed by atoms with van der Waals surface area (Å²) in [6.45, 7) is 2.78. The van der Waals surface area contributed by atoms with Crippen LogP contribution in [-0.4, -0.2) is 24.7 Å². The Morgan fingerprint density at radius 3 is 2.52 bits per heavy atom. The lowest BCUT2D eigenvalue weighted by Crippen LogP contribution is -2.14. The van der Waals surface area contributed by atoms with Gasteiger partial charge in [0.25, 0.3) is 10.0 Å². The van der Waals surface area contributed by atoms with Gasteiger partial charge < -0.3 is 5.73 Å². The highest BCUT2D eigenvalue weighted by Gasteiger charge is 2.19. The number of hydrogen-bond acceptors (Lipinski definition) is 4. The van der Waals surface area contributed by atoms with E-state index < -0.39 is 10.0 Å². The van der Waals surface area contributed by atoms with E-state index in [0.29, 0.717) is 27.7 Å². The minimum atomic E-state index is -3.70. The number of nitrogens with zero attached hydrogens (tertiary/aromatic N) is 2. The minimum Gasteiger partial charge on any atom is -0.329 e. The zero-order valence-corrected chi connectivity index (χ0v) is 15.2. The van der Waals surface area contributed by atoms with E-state index in [9.17, 15) is 8.42 Å². The fourth-order valence-electron chi connectivity index (χ4n) is 1.73. The third-order valence-corrected chi connectivity index (χ3v) is 5.26. The van der Waals surface area contributed by atoms with E-state index in [1.807, 2.05) is 19.1 Å². The van der Waals surface area contributed by atoms with E-state index in [1.54, 1.807) is 0 Å². The Labute approximate surface area is 140 Å². The molecule has 0 aliphatic heterocycles. The molecule has 0 fully saturated rings. The van der Waals surface area contributed by atoms with Crippen molar-refractivity contribution in [2.24, 2.45) is 5.73 Å². The zero-order valence-electron chi connectivity index (χ0n) is 11.2. The third kappa shape index (κ3) is 3.85. The molecule has 0 unspecified atom stereocenters. The molecule has 6 nitrogen and oxygen atoms in total. The Kier molecular flexibility index (Phi) is 5.07. The van der Waals surface area contributed by atoms with Gasteiger partial charge >= 0.3 is 0 Å². The summed E-state index contributed by atoms with van der Waals surface area (Å²) >= 11 is 6.72. The van der Waals surface area contributed by atoms with E-state index in [-0.39, 0.29) is 4.90 Å². The average molecular weight is 438 g/mol. The van der Waals surface area contributed by atoms with Gasteiger partial charge in [0.2, 0.25) is 0 Å². The number of hydrogen-bond donors (Lipinski definition) is 2. The standard InChI is InChI=1S/C12H14Br2N4O2S/c1-8-4-10(13)12(11(14)5-8)17-21(19,20)9-6-16-18(7-9)3-2-15/h4-7,17H,2-3,15H2,1H3. The number of aryl methyl sites for hydroxylation is 1. The molecule has 0 radical (unpaired) electrons. The van der Waals surface area contributed by atoms with E-state index in [4.69, 9.17) is 5.73 Å². The van der Waals surface area contributed by atoms with Gasteiger partial charge in [0.15, 0.2) is 0 Å². The molecule has 2 rings (SSSR count). The van der Waals surface area contributed by atoms with Crippen LogP contribution in [0.2, 0.25) is 0 Å². The van der Waals surface area contributed by atoms with Crippen LogP contribution in [0.4, 0.5) is 5.69 Å². The van der Waals surface area contributed by atoms with Crippen LogP contribution in [0.5, 0.6) is 0 Å². The molecule has 0 saturated carbocycles. The number of nitrogens with two attached hydrogens (primary N) is 1. The van der Waals surface area contributed by atoms with Crippen LogP contribution >= 0.6 is 31.9 Å². The maximum Gasteiger partial charge on any atom is 0.265 e. The highest BCUT2D eigenvalue weighted by molar-refractivity contribution is 9.11. The predicted molar refractivity (Wildman–Crippen MR) is 88.7 cm³/mol. The first-order chi connectivity index (χ1) is 9.83. The summed E-state index contributed by atoms with van der Waals surface area (Å²) in [6, 6.07) is 3.67. The maximum atomic E-state index is 12.4. The molecule has 0 aliphatic carbocycles. The summed E-state index contributed by atoms with van der Waals surface area (Å²) in [4.78, 5) is 0.0929. The second-order valence-electron chi connectivity index (χ2n) is 4.44. The summed E-state index contributed by atoms with van der Waals surface area (Å²) in [5.41, 5.74) is 6.88. The molecule has 114 valence electrons. The minimum absolute atomic E-state index is 0.0929. The molecule has 0 saturated heterocycles. The number of sulfonamides is 1. The molecule has 0 spiro atoms. The zero-order chi connectivity index (χ0) is 15.6. The number of benzene rings is 1. The lowest BCUT2D eigenvalue weighted by molar-refractivity contribution is 0.599. The molecule has 2 aromatic rings. The van der Waals surface area contributed by atoms with Crippen molar-refractivity contribution in [3.8, 4) is 0 Å². The van der Waals surface area contributed by atoms with Gasteiger partial charge in [-0.1, -0.05) is 0 Å².